The number of carbonyl (C=O) groups is 4. The van der Waals surface area contributed by atoms with E-state index in [2.05, 4.69) is 11.8 Å². The van der Waals surface area contributed by atoms with Crippen LogP contribution in [0, 0.1) is 6.92 Å². The molecule has 0 radical (unpaired) electrons. The highest BCUT2D eigenvalue weighted by Gasteiger charge is 2.35. The Bertz CT molecular complexity index is 900. The Balaban J connectivity index is 1.57. The van der Waals surface area contributed by atoms with E-state index in [0.717, 1.165) is 31.5 Å². The molecular formula is C25H35N3O5. The maximum Gasteiger partial charge on any atom is 0.307 e. The summed E-state index contributed by atoms with van der Waals surface area (Å²) in [6.07, 6.45) is 2.91. The molecule has 0 bridgehead atoms. The second kappa shape index (κ2) is 11.4. The standard InChI is InChI=1S/C25H35N3O5/c1-4-26-13-6-8-19(26)17-27(15-12-23(30)33-5-2)22(29)9-7-14-28-24(31)20-11-10-18(3)16-21(20)25(28)32/h10-11,16,19H,4-9,12-15,17H2,1-3H3. The molecule has 1 aromatic rings. The quantitative estimate of drug-likeness (QED) is 0.375. The molecule has 8 heteroatoms. The van der Waals surface area contributed by atoms with Gasteiger partial charge in [-0.05, 0) is 58.3 Å². The normalized spacial score (nSPS) is 18.0. The first-order chi connectivity index (χ1) is 15.8. The third kappa shape index (κ3) is 5.99. The zero-order chi connectivity index (χ0) is 24.0. The Morgan fingerprint density at radius 2 is 1.88 bits per heavy atom. The first-order valence-electron chi connectivity index (χ1n) is 12.0. The van der Waals surface area contributed by atoms with E-state index < -0.39 is 0 Å². The summed E-state index contributed by atoms with van der Waals surface area (Å²) in [7, 11) is 0. The van der Waals surface area contributed by atoms with Crippen LogP contribution in [0.4, 0.5) is 0 Å². The van der Waals surface area contributed by atoms with Crippen LogP contribution in [0.2, 0.25) is 0 Å². The fourth-order valence-corrected chi connectivity index (χ4v) is 4.70. The van der Waals surface area contributed by atoms with E-state index in [1.54, 1.807) is 24.0 Å². The monoisotopic (exact) mass is 457 g/mol. The lowest BCUT2D eigenvalue weighted by Gasteiger charge is -2.30. The summed E-state index contributed by atoms with van der Waals surface area (Å²) in [6, 6.07) is 5.54. The second-order valence-electron chi connectivity index (χ2n) is 8.73. The minimum absolute atomic E-state index is 0.0605. The topological polar surface area (TPSA) is 87.2 Å². The number of rotatable bonds is 11. The van der Waals surface area contributed by atoms with E-state index >= 15 is 0 Å². The van der Waals surface area contributed by atoms with Gasteiger partial charge in [0.05, 0.1) is 24.2 Å². The van der Waals surface area contributed by atoms with E-state index in [9.17, 15) is 19.2 Å². The van der Waals surface area contributed by atoms with Gasteiger partial charge in [0.25, 0.3) is 11.8 Å². The molecule has 8 nitrogen and oxygen atoms in total. The predicted molar refractivity (Wildman–Crippen MR) is 124 cm³/mol. The Kier molecular flexibility index (Phi) is 8.61. The van der Waals surface area contributed by atoms with E-state index in [-0.39, 0.29) is 43.1 Å². The summed E-state index contributed by atoms with van der Waals surface area (Å²) in [5.41, 5.74) is 1.79. The lowest BCUT2D eigenvalue weighted by molar-refractivity contribution is -0.144. The smallest absolute Gasteiger partial charge is 0.307 e. The summed E-state index contributed by atoms with van der Waals surface area (Å²) in [5.74, 6) is -0.967. The largest absolute Gasteiger partial charge is 0.466 e. The fourth-order valence-electron chi connectivity index (χ4n) is 4.70. The average Bonchev–Trinajstić information content (AvgIpc) is 3.34. The number of imide groups is 1. The van der Waals surface area contributed by atoms with Crippen LogP contribution in [-0.2, 0) is 14.3 Å². The van der Waals surface area contributed by atoms with Crippen molar-refractivity contribution < 1.29 is 23.9 Å². The van der Waals surface area contributed by atoms with Gasteiger partial charge >= 0.3 is 5.97 Å². The molecule has 0 aromatic heterocycles. The number of aryl methyl sites for hydroxylation is 1. The molecule has 1 aromatic carbocycles. The molecule has 1 atom stereocenters. The first-order valence-corrected chi connectivity index (χ1v) is 12.0. The number of likely N-dealkylation sites (tertiary alicyclic amines) is 1. The molecule has 0 saturated carbocycles. The maximum absolute atomic E-state index is 13.1. The third-order valence-electron chi connectivity index (χ3n) is 6.48. The van der Waals surface area contributed by atoms with Crippen LogP contribution >= 0.6 is 0 Å². The van der Waals surface area contributed by atoms with Crippen LogP contribution in [0.5, 0.6) is 0 Å². The molecule has 0 spiro atoms. The van der Waals surface area contributed by atoms with Gasteiger partial charge in [-0.1, -0.05) is 18.6 Å². The van der Waals surface area contributed by atoms with Crippen molar-refractivity contribution in [1.82, 2.24) is 14.7 Å². The molecule has 33 heavy (non-hydrogen) atoms. The molecule has 1 fully saturated rings. The van der Waals surface area contributed by atoms with Gasteiger partial charge in [-0.15, -0.1) is 0 Å². The van der Waals surface area contributed by atoms with Crippen molar-refractivity contribution >= 4 is 23.7 Å². The molecule has 2 heterocycles. The number of nitrogens with zero attached hydrogens (tertiary/aromatic N) is 3. The number of amides is 3. The summed E-state index contributed by atoms with van der Waals surface area (Å²) in [4.78, 5) is 55.6. The van der Waals surface area contributed by atoms with Crippen molar-refractivity contribution in [2.75, 3.05) is 39.3 Å². The lowest BCUT2D eigenvalue weighted by Crippen LogP contribution is -2.44. The number of benzene rings is 1. The number of carbonyl (C=O) groups excluding carboxylic acids is 4. The predicted octanol–water partition coefficient (Wildman–Crippen LogP) is 2.64. The maximum atomic E-state index is 13.1. The van der Waals surface area contributed by atoms with Gasteiger partial charge in [0.2, 0.25) is 5.91 Å². The van der Waals surface area contributed by atoms with Gasteiger partial charge in [0, 0.05) is 32.1 Å². The molecule has 180 valence electrons. The molecule has 1 unspecified atom stereocenters. The van der Waals surface area contributed by atoms with Crippen LogP contribution in [0.3, 0.4) is 0 Å². The van der Waals surface area contributed by atoms with Gasteiger partial charge in [0.15, 0.2) is 0 Å². The van der Waals surface area contributed by atoms with Crippen molar-refractivity contribution in [2.45, 2.75) is 58.9 Å². The molecule has 2 aliphatic rings. The summed E-state index contributed by atoms with van der Waals surface area (Å²) < 4.78 is 5.03. The molecular weight excluding hydrogens is 422 g/mol. The molecule has 0 aliphatic carbocycles. The van der Waals surface area contributed by atoms with Gasteiger partial charge in [-0.2, -0.15) is 0 Å². The van der Waals surface area contributed by atoms with Gasteiger partial charge < -0.3 is 9.64 Å². The van der Waals surface area contributed by atoms with Crippen LogP contribution < -0.4 is 0 Å². The third-order valence-corrected chi connectivity index (χ3v) is 6.48. The number of fused-ring (bicyclic) bond motifs is 1. The van der Waals surface area contributed by atoms with Crippen molar-refractivity contribution in [2.24, 2.45) is 0 Å². The number of esters is 1. The van der Waals surface area contributed by atoms with Gasteiger partial charge in [-0.25, -0.2) is 0 Å². The van der Waals surface area contributed by atoms with E-state index in [1.165, 1.54) is 4.90 Å². The van der Waals surface area contributed by atoms with Crippen LogP contribution in [-0.4, -0.2) is 83.8 Å². The zero-order valence-electron chi connectivity index (χ0n) is 20.0. The van der Waals surface area contributed by atoms with E-state index in [0.29, 0.717) is 43.3 Å². The van der Waals surface area contributed by atoms with Gasteiger partial charge in [0.1, 0.15) is 0 Å². The van der Waals surface area contributed by atoms with Crippen molar-refractivity contribution in [3.8, 4) is 0 Å². The Morgan fingerprint density at radius 3 is 2.61 bits per heavy atom. The summed E-state index contributed by atoms with van der Waals surface area (Å²) in [5, 5.41) is 0. The highest BCUT2D eigenvalue weighted by Crippen LogP contribution is 2.24. The van der Waals surface area contributed by atoms with E-state index in [4.69, 9.17) is 4.74 Å². The minimum atomic E-state index is -0.310. The van der Waals surface area contributed by atoms with Crippen molar-refractivity contribution in [3.05, 3.63) is 34.9 Å². The number of hydrogen-bond donors (Lipinski definition) is 0. The molecule has 0 N–H and O–H groups in total. The SMILES string of the molecule is CCOC(=O)CCN(CC1CCCN1CC)C(=O)CCCN1C(=O)c2ccc(C)cc2C1=O. The second-order valence-corrected chi connectivity index (χ2v) is 8.73. The Morgan fingerprint density at radius 1 is 1.12 bits per heavy atom. The number of hydrogen-bond acceptors (Lipinski definition) is 6. The Labute approximate surface area is 195 Å². The molecule has 1 saturated heterocycles. The van der Waals surface area contributed by atoms with Crippen molar-refractivity contribution in [3.63, 3.8) is 0 Å². The molecule has 2 aliphatic heterocycles. The minimum Gasteiger partial charge on any atom is -0.466 e. The summed E-state index contributed by atoms with van der Waals surface area (Å²) >= 11 is 0. The van der Waals surface area contributed by atoms with Crippen molar-refractivity contribution in [1.29, 1.82) is 0 Å². The lowest BCUT2D eigenvalue weighted by atomic mass is 10.1. The number of ether oxygens (including phenoxy) is 1. The molecule has 3 amide bonds. The van der Waals surface area contributed by atoms with E-state index in [1.807, 2.05) is 13.0 Å². The highest BCUT2D eigenvalue weighted by molar-refractivity contribution is 6.21. The first kappa shape index (κ1) is 24.9. The highest BCUT2D eigenvalue weighted by atomic mass is 16.5. The van der Waals surface area contributed by atoms with Crippen LogP contribution in [0.1, 0.15) is 72.2 Å². The number of likely N-dealkylation sites (N-methyl/N-ethyl adjacent to an activating group) is 1. The van der Waals surface area contributed by atoms with Crippen LogP contribution in [0.25, 0.3) is 0 Å². The summed E-state index contributed by atoms with van der Waals surface area (Å²) in [6.45, 7) is 9.15. The van der Waals surface area contributed by atoms with Gasteiger partial charge in [-0.3, -0.25) is 29.0 Å². The zero-order valence-corrected chi connectivity index (χ0v) is 20.0. The average molecular weight is 458 g/mol. The fraction of sp³-hybridized carbons (Fsp3) is 0.600. The van der Waals surface area contributed by atoms with Crippen LogP contribution in [0.15, 0.2) is 18.2 Å². The Hall–Kier alpha value is -2.74. The molecule has 3 rings (SSSR count).